The lowest BCUT2D eigenvalue weighted by Crippen LogP contribution is -2.29. The summed E-state index contributed by atoms with van der Waals surface area (Å²) < 4.78 is 63.4. The molecule has 1 aromatic carbocycles. The van der Waals surface area contributed by atoms with Crippen LogP contribution in [0, 0.1) is 10.1 Å². The monoisotopic (exact) mass is 330 g/mol. The minimum absolute atomic E-state index is 0.199. The minimum atomic E-state index is -4.73. The van der Waals surface area contributed by atoms with E-state index in [1.165, 1.54) is 4.89 Å². The maximum Gasteiger partial charge on any atom is 0.413 e. The van der Waals surface area contributed by atoms with Crippen molar-refractivity contribution >= 4 is 15.7 Å². The van der Waals surface area contributed by atoms with Gasteiger partial charge < -0.3 is 4.74 Å². The predicted octanol–water partition coefficient (Wildman–Crippen LogP) is 1.38. The molecule has 0 aromatic heterocycles. The highest BCUT2D eigenvalue weighted by atomic mass is 32.2. The zero-order chi connectivity index (χ0) is 16.3. The number of rotatable bonds is 6. The number of hydrogen-bond acceptors (Lipinski definition) is 6. The van der Waals surface area contributed by atoms with E-state index in [0.29, 0.717) is 6.07 Å². The van der Waals surface area contributed by atoms with Crippen LogP contribution in [-0.2, 0) is 14.9 Å². The topological polar surface area (TPSA) is 108 Å². The second kappa shape index (κ2) is 6.24. The van der Waals surface area contributed by atoms with Gasteiger partial charge >= 0.3 is 11.9 Å². The smallest absolute Gasteiger partial charge is 0.413 e. The Hall–Kier alpha value is -1.92. The molecule has 12 heteroatoms. The summed E-state index contributed by atoms with van der Waals surface area (Å²) in [4.78, 5) is 14.2. The third kappa shape index (κ3) is 4.84. The minimum Gasteiger partial charge on any atom is -0.490 e. The van der Waals surface area contributed by atoms with Crippen LogP contribution < -0.4 is 9.62 Å². The van der Waals surface area contributed by atoms with Gasteiger partial charge in [-0.05, 0) is 12.1 Å². The summed E-state index contributed by atoms with van der Waals surface area (Å²) in [5.41, 5.74) is -0.656. The van der Waals surface area contributed by atoms with Crippen molar-refractivity contribution in [2.75, 3.05) is 13.7 Å². The molecule has 118 valence electrons. The maximum absolute atomic E-state index is 11.8. The van der Waals surface area contributed by atoms with E-state index in [-0.39, 0.29) is 5.75 Å². The summed E-state index contributed by atoms with van der Waals surface area (Å²) in [5.74, 6) is -0.199. The third-order valence-corrected chi connectivity index (χ3v) is 3.27. The quantitative estimate of drug-likeness (QED) is 0.623. The molecule has 0 unspecified atom stereocenters. The average molecular weight is 330 g/mol. The van der Waals surface area contributed by atoms with E-state index in [1.54, 1.807) is 0 Å². The lowest BCUT2D eigenvalue weighted by atomic mass is 10.3. The van der Waals surface area contributed by atoms with Crippen LogP contribution in [0.15, 0.2) is 23.1 Å². The van der Waals surface area contributed by atoms with Crippen molar-refractivity contribution in [3.8, 4) is 5.75 Å². The van der Waals surface area contributed by atoms with Gasteiger partial charge in [-0.1, -0.05) is 4.89 Å². The van der Waals surface area contributed by atoms with Crippen molar-refractivity contribution in [3.63, 3.8) is 0 Å². The van der Waals surface area contributed by atoms with Crippen molar-refractivity contribution in [1.29, 1.82) is 0 Å². The molecule has 0 aliphatic carbocycles. The first kappa shape index (κ1) is 17.1. The van der Waals surface area contributed by atoms with Crippen LogP contribution in [-0.4, -0.2) is 33.2 Å². The van der Waals surface area contributed by atoms with Gasteiger partial charge in [-0.2, -0.15) is 13.2 Å². The van der Waals surface area contributed by atoms with E-state index >= 15 is 0 Å². The molecule has 0 saturated carbocycles. The molecule has 0 heterocycles. The van der Waals surface area contributed by atoms with Gasteiger partial charge in [-0.3, -0.25) is 15.0 Å². The molecule has 0 radical (unpaired) electrons. The third-order valence-electron chi connectivity index (χ3n) is 2.06. The Labute approximate surface area is 116 Å². The fourth-order valence-electron chi connectivity index (χ4n) is 1.22. The number of hydrogen-bond donors (Lipinski definition) is 1. The zero-order valence-corrected chi connectivity index (χ0v) is 11.2. The fourth-order valence-corrected chi connectivity index (χ4v) is 2.04. The van der Waals surface area contributed by atoms with Crippen LogP contribution in [0.4, 0.5) is 18.9 Å². The number of nitro groups is 1. The molecule has 0 amide bonds. The van der Waals surface area contributed by atoms with Crippen LogP contribution in [0.5, 0.6) is 5.75 Å². The van der Waals surface area contributed by atoms with Crippen molar-refractivity contribution < 1.29 is 36.1 Å². The molecular formula is C9H9F3N2O6S. The molecule has 21 heavy (non-hydrogen) atoms. The van der Waals surface area contributed by atoms with Crippen molar-refractivity contribution in [3.05, 3.63) is 28.3 Å². The first-order valence-electron chi connectivity index (χ1n) is 5.09. The van der Waals surface area contributed by atoms with Crippen molar-refractivity contribution in [1.82, 2.24) is 4.89 Å². The molecule has 1 aromatic rings. The standard InChI is InChI=1S/C9H9F3N2O6S/c1-19-8-3-2-6(4-7(8)14(15)16)21(17,18)13-20-5-9(10,11)12/h2-4,13H,5H2,1H3. The largest absolute Gasteiger partial charge is 0.490 e. The lowest BCUT2D eigenvalue weighted by Gasteiger charge is -2.09. The fraction of sp³-hybridized carbons (Fsp3) is 0.333. The Balaban J connectivity index is 2.99. The second-order valence-electron chi connectivity index (χ2n) is 3.58. The first-order valence-corrected chi connectivity index (χ1v) is 6.58. The Morgan fingerprint density at radius 1 is 1.38 bits per heavy atom. The maximum atomic E-state index is 11.8. The summed E-state index contributed by atoms with van der Waals surface area (Å²) in [5, 5.41) is 10.7. The van der Waals surface area contributed by atoms with Crippen molar-refractivity contribution in [2.24, 2.45) is 0 Å². The van der Waals surface area contributed by atoms with E-state index in [9.17, 15) is 31.7 Å². The number of ether oxygens (including phenoxy) is 1. The van der Waals surface area contributed by atoms with Gasteiger partial charge in [0.1, 0.15) is 0 Å². The summed E-state index contributed by atoms with van der Waals surface area (Å²) in [6.07, 6.45) is -4.73. The molecule has 0 spiro atoms. The highest BCUT2D eigenvalue weighted by molar-refractivity contribution is 7.89. The summed E-state index contributed by atoms with van der Waals surface area (Å²) >= 11 is 0. The molecule has 1 N–H and O–H groups in total. The van der Waals surface area contributed by atoms with E-state index in [2.05, 4.69) is 9.57 Å². The van der Waals surface area contributed by atoms with E-state index in [4.69, 9.17) is 0 Å². The molecular weight excluding hydrogens is 321 g/mol. The number of sulfonamides is 1. The average Bonchev–Trinajstić information content (AvgIpc) is 2.35. The normalized spacial score (nSPS) is 12.2. The Kier molecular flexibility index (Phi) is 5.09. The van der Waals surface area contributed by atoms with Gasteiger partial charge in [0.15, 0.2) is 12.4 Å². The highest BCUT2D eigenvalue weighted by Gasteiger charge is 2.29. The number of alkyl halides is 3. The van der Waals surface area contributed by atoms with Gasteiger partial charge in [0, 0.05) is 6.07 Å². The number of halogens is 3. The molecule has 0 saturated heterocycles. The van der Waals surface area contributed by atoms with E-state index in [0.717, 1.165) is 19.2 Å². The van der Waals surface area contributed by atoms with E-state index in [1.807, 2.05) is 0 Å². The number of nitrogens with zero attached hydrogens (tertiary/aromatic N) is 1. The summed E-state index contributed by atoms with van der Waals surface area (Å²) in [7, 11) is -3.36. The number of benzene rings is 1. The van der Waals surface area contributed by atoms with Gasteiger partial charge in [-0.25, -0.2) is 8.42 Å². The van der Waals surface area contributed by atoms with Crippen LogP contribution in [0.3, 0.4) is 0 Å². The Morgan fingerprint density at radius 2 is 2.00 bits per heavy atom. The summed E-state index contributed by atoms with van der Waals surface area (Å²) in [6.45, 7) is -1.84. The number of nitrogens with one attached hydrogen (secondary N) is 1. The van der Waals surface area contributed by atoms with Crippen LogP contribution >= 0.6 is 0 Å². The molecule has 8 nitrogen and oxygen atoms in total. The van der Waals surface area contributed by atoms with Gasteiger partial charge in [0.2, 0.25) is 0 Å². The molecule has 0 bridgehead atoms. The van der Waals surface area contributed by atoms with Crippen LogP contribution in [0.1, 0.15) is 0 Å². The second-order valence-corrected chi connectivity index (χ2v) is 5.23. The molecule has 0 fully saturated rings. The van der Waals surface area contributed by atoms with Gasteiger partial charge in [0.25, 0.3) is 10.0 Å². The first-order chi connectivity index (χ1) is 9.57. The Morgan fingerprint density at radius 3 is 2.48 bits per heavy atom. The SMILES string of the molecule is COc1ccc(S(=O)(=O)NOCC(F)(F)F)cc1[N+](=O)[O-]. The lowest BCUT2D eigenvalue weighted by molar-refractivity contribution is -0.386. The Bertz CT molecular complexity index is 631. The summed E-state index contributed by atoms with van der Waals surface area (Å²) in [6, 6.07) is 2.56. The molecule has 1 rings (SSSR count). The van der Waals surface area contributed by atoms with Gasteiger partial charge in [-0.15, -0.1) is 0 Å². The number of methoxy groups -OCH3 is 1. The molecule has 0 atom stereocenters. The number of nitro benzene ring substituents is 1. The molecule has 0 aliphatic heterocycles. The van der Waals surface area contributed by atoms with Gasteiger partial charge in [0.05, 0.1) is 16.9 Å². The van der Waals surface area contributed by atoms with Crippen LogP contribution in [0.2, 0.25) is 0 Å². The van der Waals surface area contributed by atoms with E-state index < -0.39 is 38.3 Å². The van der Waals surface area contributed by atoms with Crippen molar-refractivity contribution in [2.45, 2.75) is 11.1 Å². The highest BCUT2D eigenvalue weighted by Crippen LogP contribution is 2.29. The predicted molar refractivity (Wildman–Crippen MR) is 62.0 cm³/mol. The zero-order valence-electron chi connectivity index (χ0n) is 10.4. The molecule has 0 aliphatic rings. The van der Waals surface area contributed by atoms with Crippen LogP contribution in [0.25, 0.3) is 0 Å².